The average Bonchev–Trinajstić information content (AvgIpc) is 2.53. The van der Waals surface area contributed by atoms with E-state index in [1.54, 1.807) is 12.1 Å². The molecular weight excluding hydrogens is 274 g/mol. The van der Waals surface area contributed by atoms with Crippen LogP contribution in [0.1, 0.15) is 33.6 Å². The lowest BCUT2D eigenvalue weighted by Gasteiger charge is -2.32. The van der Waals surface area contributed by atoms with E-state index >= 15 is 0 Å². The third-order valence-corrected chi connectivity index (χ3v) is 3.57. The molecule has 114 valence electrons. The monoisotopic (exact) mass is 293 g/mol. The zero-order chi connectivity index (χ0) is 15.3. The van der Waals surface area contributed by atoms with Crippen molar-refractivity contribution in [3.63, 3.8) is 0 Å². The van der Waals surface area contributed by atoms with Crippen LogP contribution < -0.4 is 5.32 Å². The van der Waals surface area contributed by atoms with Crippen molar-refractivity contribution in [2.45, 2.75) is 18.4 Å². The predicted molar refractivity (Wildman–Crippen MR) is 75.1 cm³/mol. The Bertz CT molecular complexity index is 505. The average molecular weight is 293 g/mol. The van der Waals surface area contributed by atoms with Crippen LogP contribution in [0.15, 0.2) is 24.3 Å². The van der Waals surface area contributed by atoms with Crippen molar-refractivity contribution in [1.29, 1.82) is 0 Å². The van der Waals surface area contributed by atoms with Gasteiger partial charge in [0.15, 0.2) is 0 Å². The summed E-state index contributed by atoms with van der Waals surface area (Å²) in [6, 6.07) is 6.17. The van der Waals surface area contributed by atoms with Gasteiger partial charge in [0.2, 0.25) is 0 Å². The molecule has 1 fully saturated rings. The van der Waals surface area contributed by atoms with E-state index in [4.69, 9.17) is 4.74 Å². The molecule has 0 unspecified atom stereocenters. The van der Waals surface area contributed by atoms with E-state index in [-0.39, 0.29) is 12.5 Å². The summed E-state index contributed by atoms with van der Waals surface area (Å²) in [5.74, 6) is -0.732. The highest BCUT2D eigenvalue weighted by molar-refractivity contribution is 5.96. The summed E-state index contributed by atoms with van der Waals surface area (Å²) in [5, 5.41) is 13.0. The minimum atomic E-state index is -0.903. The first kappa shape index (κ1) is 15.5. The molecule has 1 aromatic rings. The van der Waals surface area contributed by atoms with Crippen LogP contribution in [0, 0.1) is 0 Å². The number of hydrogen-bond acceptors (Lipinski definition) is 5. The Labute approximate surface area is 123 Å². The number of methoxy groups -OCH3 is 1. The summed E-state index contributed by atoms with van der Waals surface area (Å²) in [6.07, 6.45) is 1.02. The van der Waals surface area contributed by atoms with Gasteiger partial charge < -0.3 is 19.9 Å². The standard InChI is InChI=1S/C15H19NO5/c1-20-14(18)12-4-2-11(3-5-12)13(17)16-10-15(19)6-8-21-9-7-15/h2-5,19H,6-10H2,1H3,(H,16,17). The molecule has 1 amide bonds. The van der Waals surface area contributed by atoms with Gasteiger partial charge in [-0.1, -0.05) is 0 Å². The Morgan fingerprint density at radius 3 is 2.38 bits per heavy atom. The highest BCUT2D eigenvalue weighted by Gasteiger charge is 2.30. The highest BCUT2D eigenvalue weighted by Crippen LogP contribution is 2.19. The Balaban J connectivity index is 1.92. The lowest BCUT2D eigenvalue weighted by Crippen LogP contribution is -2.46. The number of esters is 1. The molecule has 1 aliphatic rings. The molecule has 6 heteroatoms. The van der Waals surface area contributed by atoms with E-state index in [0.717, 1.165) is 0 Å². The van der Waals surface area contributed by atoms with Gasteiger partial charge in [-0.05, 0) is 24.3 Å². The number of benzene rings is 1. The zero-order valence-corrected chi connectivity index (χ0v) is 11.9. The van der Waals surface area contributed by atoms with E-state index in [0.29, 0.717) is 37.2 Å². The zero-order valence-electron chi connectivity index (χ0n) is 11.9. The number of rotatable bonds is 4. The van der Waals surface area contributed by atoms with Crippen LogP contribution in [0.4, 0.5) is 0 Å². The first-order chi connectivity index (χ1) is 10.0. The van der Waals surface area contributed by atoms with Crippen molar-refractivity contribution >= 4 is 11.9 Å². The molecule has 1 heterocycles. The van der Waals surface area contributed by atoms with Crippen molar-refractivity contribution in [3.8, 4) is 0 Å². The van der Waals surface area contributed by atoms with Crippen LogP contribution in [-0.4, -0.2) is 49.5 Å². The van der Waals surface area contributed by atoms with Crippen LogP contribution >= 0.6 is 0 Å². The molecule has 1 saturated heterocycles. The molecule has 2 rings (SSSR count). The number of ether oxygens (including phenoxy) is 2. The van der Waals surface area contributed by atoms with Gasteiger partial charge in [-0.25, -0.2) is 4.79 Å². The number of carbonyl (C=O) groups is 2. The molecule has 2 N–H and O–H groups in total. The first-order valence-electron chi connectivity index (χ1n) is 6.81. The largest absolute Gasteiger partial charge is 0.465 e. The van der Waals surface area contributed by atoms with Crippen molar-refractivity contribution in [3.05, 3.63) is 35.4 Å². The van der Waals surface area contributed by atoms with Crippen LogP contribution in [0.3, 0.4) is 0 Å². The molecule has 1 aliphatic heterocycles. The summed E-state index contributed by atoms with van der Waals surface area (Å²) in [4.78, 5) is 23.3. The molecule has 0 radical (unpaired) electrons. The van der Waals surface area contributed by atoms with E-state index in [9.17, 15) is 14.7 Å². The second-order valence-electron chi connectivity index (χ2n) is 5.09. The summed E-state index contributed by atoms with van der Waals surface area (Å²) < 4.78 is 9.78. The van der Waals surface area contributed by atoms with E-state index in [2.05, 4.69) is 10.1 Å². The third-order valence-electron chi connectivity index (χ3n) is 3.57. The molecule has 1 aromatic carbocycles. The summed E-state index contributed by atoms with van der Waals surface area (Å²) in [6.45, 7) is 1.19. The quantitative estimate of drug-likeness (QED) is 0.800. The summed E-state index contributed by atoms with van der Waals surface area (Å²) in [7, 11) is 1.30. The maximum atomic E-state index is 12.0. The van der Waals surface area contributed by atoms with Crippen molar-refractivity contribution in [1.82, 2.24) is 5.32 Å². The van der Waals surface area contributed by atoms with Crippen molar-refractivity contribution in [2.75, 3.05) is 26.9 Å². The van der Waals surface area contributed by atoms with Gasteiger partial charge in [-0.2, -0.15) is 0 Å². The molecule has 0 atom stereocenters. The fraction of sp³-hybridized carbons (Fsp3) is 0.467. The van der Waals surface area contributed by atoms with Gasteiger partial charge in [0, 0.05) is 38.2 Å². The van der Waals surface area contributed by atoms with Gasteiger partial charge >= 0.3 is 5.97 Å². The number of carbonyl (C=O) groups excluding carboxylic acids is 2. The van der Waals surface area contributed by atoms with E-state index in [1.165, 1.54) is 19.2 Å². The minimum absolute atomic E-state index is 0.188. The van der Waals surface area contributed by atoms with Crippen LogP contribution in [0.5, 0.6) is 0 Å². The maximum Gasteiger partial charge on any atom is 0.337 e. The van der Waals surface area contributed by atoms with E-state index < -0.39 is 11.6 Å². The molecule has 0 saturated carbocycles. The normalized spacial score (nSPS) is 17.0. The summed E-state index contributed by atoms with van der Waals surface area (Å²) >= 11 is 0. The minimum Gasteiger partial charge on any atom is -0.465 e. The van der Waals surface area contributed by atoms with Crippen molar-refractivity contribution < 1.29 is 24.2 Å². The Morgan fingerprint density at radius 2 is 1.81 bits per heavy atom. The maximum absolute atomic E-state index is 12.0. The Morgan fingerprint density at radius 1 is 1.24 bits per heavy atom. The number of amides is 1. The molecule has 21 heavy (non-hydrogen) atoms. The molecular formula is C15H19NO5. The molecule has 0 spiro atoms. The van der Waals surface area contributed by atoms with Gasteiger partial charge in [0.05, 0.1) is 18.3 Å². The van der Waals surface area contributed by atoms with Gasteiger partial charge in [0.1, 0.15) is 0 Å². The number of hydrogen-bond donors (Lipinski definition) is 2. The second kappa shape index (κ2) is 6.69. The molecule has 0 aliphatic carbocycles. The third kappa shape index (κ3) is 4.03. The highest BCUT2D eigenvalue weighted by atomic mass is 16.5. The lowest BCUT2D eigenvalue weighted by atomic mass is 9.94. The number of aliphatic hydroxyl groups is 1. The predicted octanol–water partition coefficient (Wildman–Crippen LogP) is 0.744. The van der Waals surface area contributed by atoms with Gasteiger partial charge in [0.25, 0.3) is 5.91 Å². The van der Waals surface area contributed by atoms with Crippen LogP contribution in [0.2, 0.25) is 0 Å². The second-order valence-corrected chi connectivity index (χ2v) is 5.09. The van der Waals surface area contributed by atoms with Crippen LogP contribution in [0.25, 0.3) is 0 Å². The fourth-order valence-electron chi connectivity index (χ4n) is 2.15. The van der Waals surface area contributed by atoms with Crippen molar-refractivity contribution in [2.24, 2.45) is 0 Å². The molecule has 6 nitrogen and oxygen atoms in total. The lowest BCUT2D eigenvalue weighted by molar-refractivity contribution is -0.0605. The van der Waals surface area contributed by atoms with Crippen LogP contribution in [-0.2, 0) is 9.47 Å². The first-order valence-corrected chi connectivity index (χ1v) is 6.81. The number of nitrogens with one attached hydrogen (secondary N) is 1. The molecule has 0 bridgehead atoms. The van der Waals surface area contributed by atoms with Gasteiger partial charge in [-0.3, -0.25) is 4.79 Å². The SMILES string of the molecule is COC(=O)c1ccc(C(=O)NCC2(O)CCOCC2)cc1. The summed E-state index contributed by atoms with van der Waals surface area (Å²) in [5.41, 5.74) is -0.0877. The Hall–Kier alpha value is -1.92. The van der Waals surface area contributed by atoms with E-state index in [1.807, 2.05) is 0 Å². The fourth-order valence-corrected chi connectivity index (χ4v) is 2.15. The Kier molecular flexibility index (Phi) is 4.93. The van der Waals surface area contributed by atoms with Gasteiger partial charge in [-0.15, -0.1) is 0 Å². The topological polar surface area (TPSA) is 84.9 Å². The smallest absolute Gasteiger partial charge is 0.337 e. The molecule has 0 aromatic heterocycles.